The molecule has 0 aliphatic heterocycles. The maximum atomic E-state index is 4.67. The van der Waals surface area contributed by atoms with Crippen molar-refractivity contribution < 1.29 is 0 Å². The van der Waals surface area contributed by atoms with Crippen LogP contribution in [0.25, 0.3) is 21.8 Å². The van der Waals surface area contributed by atoms with Gasteiger partial charge in [-0.05, 0) is 18.6 Å². The highest BCUT2D eigenvalue weighted by atomic mass is 15.3. The monoisotopic (exact) mass is 249 g/mol. The second-order valence-corrected chi connectivity index (χ2v) is 4.35. The van der Waals surface area contributed by atoms with Gasteiger partial charge in [0.15, 0.2) is 0 Å². The molecule has 3 nitrogen and oxygen atoms in total. The van der Waals surface area contributed by atoms with Crippen LogP contribution in [0.1, 0.15) is 13.3 Å². The lowest BCUT2D eigenvalue weighted by Crippen LogP contribution is -1.94. The molecule has 2 aromatic carbocycles. The zero-order chi connectivity index (χ0) is 13.1. The van der Waals surface area contributed by atoms with Gasteiger partial charge in [-0.15, -0.1) is 0 Å². The van der Waals surface area contributed by atoms with E-state index in [1.165, 1.54) is 0 Å². The minimum Gasteiger partial charge on any atom is -0.277 e. The van der Waals surface area contributed by atoms with E-state index in [9.17, 15) is 0 Å². The van der Waals surface area contributed by atoms with Crippen LogP contribution in [0.15, 0.2) is 53.6 Å². The van der Waals surface area contributed by atoms with Gasteiger partial charge < -0.3 is 0 Å². The van der Waals surface area contributed by atoms with Crippen molar-refractivity contribution in [1.82, 2.24) is 4.98 Å². The summed E-state index contributed by atoms with van der Waals surface area (Å²) < 4.78 is 0. The van der Waals surface area contributed by atoms with E-state index < -0.39 is 0 Å². The Morgan fingerprint density at radius 1 is 1.00 bits per heavy atom. The first-order valence-electron chi connectivity index (χ1n) is 6.45. The second-order valence-electron chi connectivity index (χ2n) is 4.35. The summed E-state index contributed by atoms with van der Waals surface area (Å²) in [7, 11) is 0. The van der Waals surface area contributed by atoms with Crippen molar-refractivity contribution in [3.8, 4) is 0 Å². The predicted octanol–water partition coefficient (Wildman–Crippen LogP) is 4.20. The van der Waals surface area contributed by atoms with Crippen LogP contribution in [0.4, 0.5) is 5.69 Å². The number of anilines is 1. The molecular formula is C16H15N3. The molecule has 0 bridgehead atoms. The van der Waals surface area contributed by atoms with Gasteiger partial charge in [0.25, 0.3) is 0 Å². The SMILES string of the molecule is CC/C=N/Nc1c2ccccc2nc2ccccc12. The number of fused-ring (bicyclic) bond motifs is 2. The Morgan fingerprint density at radius 3 is 2.16 bits per heavy atom. The van der Waals surface area contributed by atoms with Gasteiger partial charge in [0.05, 0.1) is 16.7 Å². The average molecular weight is 249 g/mol. The molecule has 0 saturated heterocycles. The third kappa shape index (κ3) is 2.15. The zero-order valence-corrected chi connectivity index (χ0v) is 10.8. The van der Waals surface area contributed by atoms with Gasteiger partial charge in [0.2, 0.25) is 0 Å². The average Bonchev–Trinajstić information content (AvgIpc) is 2.46. The highest BCUT2D eigenvalue weighted by Gasteiger charge is 2.07. The summed E-state index contributed by atoms with van der Waals surface area (Å²) in [5.74, 6) is 0. The predicted molar refractivity (Wildman–Crippen MR) is 81.7 cm³/mol. The first-order chi connectivity index (χ1) is 9.40. The first kappa shape index (κ1) is 11.7. The summed E-state index contributed by atoms with van der Waals surface area (Å²) in [4.78, 5) is 4.67. The number of para-hydroxylation sites is 2. The quantitative estimate of drug-likeness (QED) is 0.429. The molecule has 0 saturated carbocycles. The van der Waals surface area contributed by atoms with E-state index in [-0.39, 0.29) is 0 Å². The van der Waals surface area contributed by atoms with Gasteiger partial charge >= 0.3 is 0 Å². The van der Waals surface area contributed by atoms with Crippen LogP contribution in [0.5, 0.6) is 0 Å². The van der Waals surface area contributed by atoms with Crippen LogP contribution < -0.4 is 5.43 Å². The lowest BCUT2D eigenvalue weighted by molar-refractivity contribution is 1.27. The Balaban J connectivity index is 2.29. The molecule has 0 radical (unpaired) electrons. The van der Waals surface area contributed by atoms with Gasteiger partial charge in [-0.1, -0.05) is 43.3 Å². The Labute approximate surface area is 112 Å². The minimum absolute atomic E-state index is 0.911. The number of aromatic nitrogens is 1. The summed E-state index contributed by atoms with van der Waals surface area (Å²) in [5, 5.41) is 6.44. The third-order valence-electron chi connectivity index (χ3n) is 3.04. The number of nitrogens with one attached hydrogen (secondary N) is 1. The van der Waals surface area contributed by atoms with E-state index in [0.717, 1.165) is 33.9 Å². The largest absolute Gasteiger partial charge is 0.277 e. The minimum atomic E-state index is 0.911. The van der Waals surface area contributed by atoms with Crippen molar-refractivity contribution in [2.24, 2.45) is 5.10 Å². The van der Waals surface area contributed by atoms with Crippen LogP contribution >= 0.6 is 0 Å². The Bertz CT molecular complexity index is 693. The van der Waals surface area contributed by atoms with Crippen LogP contribution in [0, 0.1) is 0 Å². The number of pyridine rings is 1. The van der Waals surface area contributed by atoms with Crippen LogP contribution in [-0.2, 0) is 0 Å². The molecule has 3 heteroatoms. The maximum absolute atomic E-state index is 4.67. The molecule has 1 N–H and O–H groups in total. The van der Waals surface area contributed by atoms with Gasteiger partial charge in [-0.2, -0.15) is 5.10 Å². The number of benzene rings is 2. The van der Waals surface area contributed by atoms with E-state index in [0.29, 0.717) is 0 Å². The normalized spacial score (nSPS) is 11.4. The van der Waals surface area contributed by atoms with Crippen LogP contribution in [0.2, 0.25) is 0 Å². The second kappa shape index (κ2) is 5.06. The molecule has 19 heavy (non-hydrogen) atoms. The lowest BCUT2D eigenvalue weighted by atomic mass is 10.1. The Kier molecular flexibility index (Phi) is 3.11. The van der Waals surface area contributed by atoms with Crippen LogP contribution in [0.3, 0.4) is 0 Å². The maximum Gasteiger partial charge on any atom is 0.0749 e. The topological polar surface area (TPSA) is 37.3 Å². The van der Waals surface area contributed by atoms with E-state index >= 15 is 0 Å². The highest BCUT2D eigenvalue weighted by Crippen LogP contribution is 2.30. The molecule has 0 aliphatic rings. The van der Waals surface area contributed by atoms with Crippen molar-refractivity contribution in [2.75, 3.05) is 5.43 Å². The van der Waals surface area contributed by atoms with Crippen molar-refractivity contribution in [2.45, 2.75) is 13.3 Å². The number of hydrogen-bond acceptors (Lipinski definition) is 3. The van der Waals surface area contributed by atoms with Crippen molar-refractivity contribution in [3.05, 3.63) is 48.5 Å². The van der Waals surface area contributed by atoms with Gasteiger partial charge in [0, 0.05) is 17.0 Å². The van der Waals surface area contributed by atoms with E-state index in [4.69, 9.17) is 0 Å². The standard InChI is InChI=1S/C16H15N3/c1-2-11-17-19-16-12-7-3-5-9-14(12)18-15-10-6-4-8-13(15)16/h3-11H,2H2,1H3,(H,18,19)/b17-11+. The zero-order valence-electron chi connectivity index (χ0n) is 10.8. The molecule has 1 heterocycles. The molecule has 3 rings (SSSR count). The number of rotatable bonds is 3. The summed E-state index contributed by atoms with van der Waals surface area (Å²) in [6, 6.07) is 16.2. The molecule has 3 aromatic rings. The molecule has 1 aromatic heterocycles. The molecule has 0 spiro atoms. The number of hydrogen-bond donors (Lipinski definition) is 1. The van der Waals surface area contributed by atoms with Crippen LogP contribution in [-0.4, -0.2) is 11.2 Å². The molecule has 0 fully saturated rings. The van der Waals surface area contributed by atoms with E-state index in [2.05, 4.69) is 34.6 Å². The van der Waals surface area contributed by atoms with E-state index in [1.54, 1.807) is 0 Å². The Morgan fingerprint density at radius 2 is 1.58 bits per heavy atom. The molecule has 0 unspecified atom stereocenters. The summed E-state index contributed by atoms with van der Waals surface area (Å²) in [5.41, 5.74) is 6.14. The summed E-state index contributed by atoms with van der Waals surface area (Å²) in [6.45, 7) is 2.06. The Hall–Kier alpha value is -2.42. The van der Waals surface area contributed by atoms with Gasteiger partial charge in [-0.3, -0.25) is 5.43 Å². The highest BCUT2D eigenvalue weighted by molar-refractivity contribution is 6.07. The molecule has 94 valence electrons. The fourth-order valence-corrected chi connectivity index (χ4v) is 2.16. The molecular weight excluding hydrogens is 234 g/mol. The third-order valence-corrected chi connectivity index (χ3v) is 3.04. The smallest absolute Gasteiger partial charge is 0.0749 e. The first-order valence-corrected chi connectivity index (χ1v) is 6.45. The molecule has 0 amide bonds. The summed E-state index contributed by atoms with van der Waals surface area (Å²) in [6.07, 6.45) is 2.78. The van der Waals surface area contributed by atoms with Gasteiger partial charge in [-0.25, -0.2) is 4.98 Å². The summed E-state index contributed by atoms with van der Waals surface area (Å²) >= 11 is 0. The molecule has 0 aliphatic carbocycles. The fourth-order valence-electron chi connectivity index (χ4n) is 2.16. The lowest BCUT2D eigenvalue weighted by Gasteiger charge is -2.09. The van der Waals surface area contributed by atoms with Crippen molar-refractivity contribution in [1.29, 1.82) is 0 Å². The number of hydrazone groups is 1. The van der Waals surface area contributed by atoms with Crippen molar-refractivity contribution in [3.63, 3.8) is 0 Å². The fraction of sp³-hybridized carbons (Fsp3) is 0.125. The van der Waals surface area contributed by atoms with Crippen molar-refractivity contribution >= 4 is 33.7 Å². The van der Waals surface area contributed by atoms with Gasteiger partial charge in [0.1, 0.15) is 0 Å². The van der Waals surface area contributed by atoms with E-state index in [1.807, 2.05) is 42.6 Å². The molecule has 0 atom stereocenters. The number of nitrogens with zero attached hydrogens (tertiary/aromatic N) is 2.